The van der Waals surface area contributed by atoms with Crippen molar-refractivity contribution in [2.75, 3.05) is 16.5 Å². The van der Waals surface area contributed by atoms with Crippen LogP contribution in [-0.4, -0.2) is 6.54 Å². The fraction of sp³-hybridized carbons (Fsp3) is 0.0714. The molecule has 0 amide bonds. The van der Waals surface area contributed by atoms with Gasteiger partial charge in [0.1, 0.15) is 0 Å². The van der Waals surface area contributed by atoms with E-state index in [2.05, 4.69) is 107 Å². The highest BCUT2D eigenvalue weighted by atomic mass is 15.5. The van der Waals surface area contributed by atoms with Gasteiger partial charge in [-0.15, -0.1) is 6.58 Å². The zero-order valence-corrected chi connectivity index (χ0v) is 17.6. The molecule has 0 saturated carbocycles. The largest absolute Gasteiger partial charge is 0.311 e. The quantitative estimate of drug-likeness (QED) is 0.242. The lowest BCUT2D eigenvalue weighted by molar-refractivity contribution is 0.653. The van der Waals surface area contributed by atoms with Crippen molar-refractivity contribution in [1.29, 1.82) is 0 Å². The second-order valence-corrected chi connectivity index (χ2v) is 7.24. The van der Waals surface area contributed by atoms with Crippen molar-refractivity contribution in [3.63, 3.8) is 0 Å². The van der Waals surface area contributed by atoms with Gasteiger partial charge in [-0.25, -0.2) is 5.43 Å². The molecule has 4 aromatic rings. The molecule has 0 atom stereocenters. The summed E-state index contributed by atoms with van der Waals surface area (Å²) in [6.07, 6.45) is 1.90. The summed E-state index contributed by atoms with van der Waals surface area (Å²) in [6, 6.07) is 39.9. The van der Waals surface area contributed by atoms with E-state index in [1.54, 1.807) is 0 Å². The van der Waals surface area contributed by atoms with Crippen LogP contribution in [0.3, 0.4) is 0 Å². The van der Waals surface area contributed by atoms with Gasteiger partial charge in [-0.1, -0.05) is 72.8 Å². The predicted molar refractivity (Wildman–Crippen MR) is 132 cm³/mol. The standard InChI is InChI=1S/C28H27N3/c1-2-22-30(25-12-6-3-7-13-25)29-23-24-18-20-28(21-19-24)31(26-14-8-4-9-15-26)27-16-10-5-11-17-27/h2-21,29H,1,22-23H2. The molecule has 0 fully saturated rings. The molecule has 0 saturated heterocycles. The molecule has 4 aromatic carbocycles. The second-order valence-electron chi connectivity index (χ2n) is 7.24. The van der Waals surface area contributed by atoms with E-state index in [-0.39, 0.29) is 0 Å². The van der Waals surface area contributed by atoms with Crippen molar-refractivity contribution in [1.82, 2.24) is 5.43 Å². The van der Waals surface area contributed by atoms with Crippen molar-refractivity contribution in [3.8, 4) is 0 Å². The van der Waals surface area contributed by atoms with Gasteiger partial charge in [0.05, 0.1) is 12.2 Å². The maximum Gasteiger partial charge on any atom is 0.0523 e. The number of nitrogens with one attached hydrogen (secondary N) is 1. The van der Waals surface area contributed by atoms with Crippen molar-refractivity contribution < 1.29 is 0 Å². The van der Waals surface area contributed by atoms with Gasteiger partial charge in [-0.05, 0) is 54.1 Å². The first-order chi connectivity index (χ1) is 15.3. The van der Waals surface area contributed by atoms with Crippen LogP contribution in [0.5, 0.6) is 0 Å². The van der Waals surface area contributed by atoms with Gasteiger partial charge in [-0.3, -0.25) is 0 Å². The Kier molecular flexibility index (Phi) is 6.78. The Morgan fingerprint density at radius 1 is 0.581 bits per heavy atom. The van der Waals surface area contributed by atoms with Crippen LogP contribution in [0.15, 0.2) is 128 Å². The van der Waals surface area contributed by atoms with E-state index in [4.69, 9.17) is 0 Å². The average Bonchev–Trinajstić information content (AvgIpc) is 2.85. The number of hydrazine groups is 1. The van der Waals surface area contributed by atoms with E-state index in [0.29, 0.717) is 0 Å². The summed E-state index contributed by atoms with van der Waals surface area (Å²) in [4.78, 5) is 2.27. The molecule has 0 aliphatic rings. The number of para-hydroxylation sites is 3. The van der Waals surface area contributed by atoms with Crippen molar-refractivity contribution in [2.45, 2.75) is 6.54 Å². The first kappa shape index (κ1) is 20.5. The second kappa shape index (κ2) is 10.3. The van der Waals surface area contributed by atoms with E-state index < -0.39 is 0 Å². The Morgan fingerprint density at radius 3 is 1.52 bits per heavy atom. The summed E-state index contributed by atoms with van der Waals surface area (Å²) in [6.45, 7) is 5.35. The summed E-state index contributed by atoms with van der Waals surface area (Å²) in [5.74, 6) is 0. The maximum absolute atomic E-state index is 3.88. The molecule has 1 N–H and O–H groups in total. The van der Waals surface area contributed by atoms with Gasteiger partial charge in [0.25, 0.3) is 0 Å². The van der Waals surface area contributed by atoms with Crippen LogP contribution in [0.4, 0.5) is 22.7 Å². The first-order valence-corrected chi connectivity index (χ1v) is 10.5. The molecule has 0 spiro atoms. The third kappa shape index (κ3) is 5.21. The van der Waals surface area contributed by atoms with E-state index in [9.17, 15) is 0 Å². The minimum atomic E-state index is 0.734. The summed E-state index contributed by atoms with van der Waals surface area (Å²) in [7, 11) is 0. The Bertz CT molecular complexity index is 1020. The Morgan fingerprint density at radius 2 is 1.03 bits per heavy atom. The number of hydrogen-bond donors (Lipinski definition) is 1. The van der Waals surface area contributed by atoms with Gasteiger partial charge < -0.3 is 9.91 Å². The highest BCUT2D eigenvalue weighted by Gasteiger charge is 2.11. The minimum absolute atomic E-state index is 0.734. The van der Waals surface area contributed by atoms with Gasteiger partial charge in [0.2, 0.25) is 0 Å². The highest BCUT2D eigenvalue weighted by molar-refractivity contribution is 5.76. The third-order valence-corrected chi connectivity index (χ3v) is 5.08. The van der Waals surface area contributed by atoms with Gasteiger partial charge in [0, 0.05) is 23.6 Å². The third-order valence-electron chi connectivity index (χ3n) is 5.08. The Balaban J connectivity index is 1.53. The maximum atomic E-state index is 3.88. The molecule has 4 rings (SSSR count). The molecule has 31 heavy (non-hydrogen) atoms. The SMILES string of the molecule is C=CCN(NCc1ccc(N(c2ccccc2)c2ccccc2)cc1)c1ccccc1. The van der Waals surface area contributed by atoms with Crippen LogP contribution in [0.1, 0.15) is 5.56 Å². The first-order valence-electron chi connectivity index (χ1n) is 10.5. The molecule has 154 valence electrons. The van der Waals surface area contributed by atoms with Gasteiger partial charge in [-0.2, -0.15) is 0 Å². The van der Waals surface area contributed by atoms with Crippen LogP contribution in [0.25, 0.3) is 0 Å². The summed E-state index contributed by atoms with van der Waals surface area (Å²) in [5, 5.41) is 2.11. The number of anilines is 4. The lowest BCUT2D eigenvalue weighted by atomic mass is 10.1. The topological polar surface area (TPSA) is 18.5 Å². The summed E-state index contributed by atoms with van der Waals surface area (Å²) in [5.41, 5.74) is 9.27. The molecule has 0 heterocycles. The molecule has 0 radical (unpaired) electrons. The number of rotatable bonds is 9. The van der Waals surface area contributed by atoms with Crippen molar-refractivity contribution >= 4 is 22.7 Å². The highest BCUT2D eigenvalue weighted by Crippen LogP contribution is 2.34. The number of nitrogens with zero attached hydrogens (tertiary/aromatic N) is 2. The normalized spacial score (nSPS) is 10.5. The van der Waals surface area contributed by atoms with Crippen molar-refractivity contribution in [3.05, 3.63) is 133 Å². The van der Waals surface area contributed by atoms with E-state index in [0.717, 1.165) is 35.8 Å². The van der Waals surface area contributed by atoms with E-state index in [1.807, 2.05) is 36.4 Å². The molecule has 3 nitrogen and oxygen atoms in total. The number of benzene rings is 4. The summed E-state index contributed by atoms with van der Waals surface area (Å²) >= 11 is 0. The van der Waals surface area contributed by atoms with Crippen LogP contribution in [0, 0.1) is 0 Å². The van der Waals surface area contributed by atoms with Gasteiger partial charge >= 0.3 is 0 Å². The van der Waals surface area contributed by atoms with E-state index >= 15 is 0 Å². The monoisotopic (exact) mass is 405 g/mol. The van der Waals surface area contributed by atoms with E-state index in [1.165, 1.54) is 5.56 Å². The lowest BCUT2D eigenvalue weighted by Gasteiger charge is -2.26. The summed E-state index contributed by atoms with van der Waals surface area (Å²) < 4.78 is 0. The van der Waals surface area contributed by atoms with Crippen LogP contribution < -0.4 is 15.3 Å². The lowest BCUT2D eigenvalue weighted by Crippen LogP contribution is -2.37. The minimum Gasteiger partial charge on any atom is -0.311 e. The molecule has 0 bridgehead atoms. The Labute approximate surface area is 184 Å². The Hall–Kier alpha value is -3.82. The molecular formula is C28H27N3. The smallest absolute Gasteiger partial charge is 0.0523 e. The van der Waals surface area contributed by atoms with Crippen LogP contribution >= 0.6 is 0 Å². The fourth-order valence-electron chi connectivity index (χ4n) is 3.55. The molecule has 3 heteroatoms. The molecule has 0 aliphatic carbocycles. The average molecular weight is 406 g/mol. The number of hydrogen-bond acceptors (Lipinski definition) is 3. The fourth-order valence-corrected chi connectivity index (χ4v) is 3.55. The zero-order chi connectivity index (χ0) is 21.3. The van der Waals surface area contributed by atoms with Crippen molar-refractivity contribution in [2.24, 2.45) is 0 Å². The van der Waals surface area contributed by atoms with Crippen LogP contribution in [-0.2, 0) is 6.54 Å². The van der Waals surface area contributed by atoms with Gasteiger partial charge in [0.15, 0.2) is 0 Å². The molecular weight excluding hydrogens is 378 g/mol. The molecule has 0 unspecified atom stereocenters. The zero-order valence-electron chi connectivity index (χ0n) is 17.6. The predicted octanol–water partition coefficient (Wildman–Crippen LogP) is 6.85. The molecule has 0 aliphatic heterocycles. The van der Waals surface area contributed by atoms with Crippen LogP contribution in [0.2, 0.25) is 0 Å². The molecule has 0 aromatic heterocycles.